The molecule has 0 atom stereocenters. The SMILES string of the molecule is C=CCn1c(SCC(=O)Nc2sc(CC)cc2C(=O)OCC)nnc1-c1cccnc1. The number of allylic oxidation sites excluding steroid dienone is 1. The van der Waals surface area contributed by atoms with Crippen LogP contribution in [0.15, 0.2) is 48.4 Å². The Kier molecular flexibility index (Phi) is 7.96. The molecule has 3 heterocycles. The van der Waals surface area contributed by atoms with E-state index in [4.69, 9.17) is 4.74 Å². The molecule has 0 aliphatic carbocycles. The van der Waals surface area contributed by atoms with Crippen molar-refractivity contribution >= 4 is 40.0 Å². The number of esters is 1. The predicted octanol–water partition coefficient (Wildman–Crippen LogP) is 4.06. The van der Waals surface area contributed by atoms with Gasteiger partial charge in [0, 0.05) is 29.4 Å². The fourth-order valence-electron chi connectivity index (χ4n) is 2.76. The molecule has 0 saturated carbocycles. The molecule has 0 unspecified atom stereocenters. The lowest BCUT2D eigenvalue weighted by Gasteiger charge is -2.08. The molecule has 3 aromatic heterocycles. The molecule has 0 bridgehead atoms. The highest BCUT2D eigenvalue weighted by molar-refractivity contribution is 7.99. The zero-order valence-electron chi connectivity index (χ0n) is 17.3. The number of nitrogens with one attached hydrogen (secondary N) is 1. The van der Waals surface area contributed by atoms with Crippen molar-refractivity contribution < 1.29 is 14.3 Å². The van der Waals surface area contributed by atoms with Gasteiger partial charge in [-0.15, -0.1) is 28.1 Å². The number of aryl methyl sites for hydroxylation is 1. The Morgan fingerprint density at radius 3 is 2.87 bits per heavy atom. The number of carbonyl (C=O) groups is 2. The second kappa shape index (κ2) is 10.9. The van der Waals surface area contributed by atoms with E-state index >= 15 is 0 Å². The molecule has 10 heteroatoms. The van der Waals surface area contributed by atoms with Crippen LogP contribution in [-0.2, 0) is 22.5 Å². The van der Waals surface area contributed by atoms with Gasteiger partial charge in [0.1, 0.15) is 5.00 Å². The van der Waals surface area contributed by atoms with Crippen LogP contribution >= 0.6 is 23.1 Å². The number of rotatable bonds is 10. The first-order chi connectivity index (χ1) is 15.1. The summed E-state index contributed by atoms with van der Waals surface area (Å²) >= 11 is 2.65. The molecule has 1 amide bonds. The molecule has 31 heavy (non-hydrogen) atoms. The maximum Gasteiger partial charge on any atom is 0.341 e. The zero-order chi connectivity index (χ0) is 22.2. The number of amides is 1. The topological polar surface area (TPSA) is 99.0 Å². The molecule has 3 rings (SSSR count). The van der Waals surface area contributed by atoms with Gasteiger partial charge in [-0.2, -0.15) is 0 Å². The van der Waals surface area contributed by atoms with E-state index in [2.05, 4.69) is 27.1 Å². The smallest absolute Gasteiger partial charge is 0.341 e. The minimum absolute atomic E-state index is 0.115. The molecule has 8 nitrogen and oxygen atoms in total. The van der Waals surface area contributed by atoms with Gasteiger partial charge in [-0.3, -0.25) is 14.3 Å². The van der Waals surface area contributed by atoms with Gasteiger partial charge in [0.15, 0.2) is 11.0 Å². The van der Waals surface area contributed by atoms with Crippen molar-refractivity contribution in [1.82, 2.24) is 19.7 Å². The number of nitrogens with zero attached hydrogens (tertiary/aromatic N) is 4. The first-order valence-electron chi connectivity index (χ1n) is 9.74. The van der Waals surface area contributed by atoms with Gasteiger partial charge < -0.3 is 10.1 Å². The van der Waals surface area contributed by atoms with Crippen LogP contribution in [0.3, 0.4) is 0 Å². The zero-order valence-corrected chi connectivity index (χ0v) is 19.0. The summed E-state index contributed by atoms with van der Waals surface area (Å²) in [5.74, 6) is 0.0972. The summed E-state index contributed by atoms with van der Waals surface area (Å²) in [6.07, 6.45) is 5.92. The summed E-state index contributed by atoms with van der Waals surface area (Å²) in [4.78, 5) is 29.9. The number of thioether (sulfide) groups is 1. The highest BCUT2D eigenvalue weighted by Crippen LogP contribution is 2.30. The minimum Gasteiger partial charge on any atom is -0.462 e. The molecule has 0 fully saturated rings. The molecule has 162 valence electrons. The van der Waals surface area contributed by atoms with Crippen molar-refractivity contribution in [1.29, 1.82) is 0 Å². The lowest BCUT2D eigenvalue weighted by Crippen LogP contribution is -2.16. The molecule has 0 aliphatic rings. The standard InChI is InChI=1S/C21H23N5O3S2/c1-4-10-26-18(14-8-7-9-22-12-14)24-25-21(26)30-13-17(27)23-19-16(20(28)29-6-3)11-15(5-2)31-19/h4,7-9,11-12H,1,5-6,10,13H2,2-3H3,(H,23,27). The molecular weight excluding hydrogens is 434 g/mol. The summed E-state index contributed by atoms with van der Waals surface area (Å²) in [5, 5.41) is 12.4. The highest BCUT2D eigenvalue weighted by atomic mass is 32.2. The summed E-state index contributed by atoms with van der Waals surface area (Å²) in [6.45, 7) is 8.31. The van der Waals surface area contributed by atoms with Crippen molar-refractivity contribution in [2.45, 2.75) is 32.0 Å². The van der Waals surface area contributed by atoms with Gasteiger partial charge in [0.05, 0.1) is 17.9 Å². The van der Waals surface area contributed by atoms with Crippen LogP contribution < -0.4 is 5.32 Å². The number of hydrogen-bond acceptors (Lipinski definition) is 8. The third-order valence-electron chi connectivity index (χ3n) is 4.16. The third kappa shape index (κ3) is 5.59. The maximum atomic E-state index is 12.6. The van der Waals surface area contributed by atoms with E-state index in [0.717, 1.165) is 16.9 Å². The predicted molar refractivity (Wildman–Crippen MR) is 122 cm³/mol. The molecule has 0 radical (unpaired) electrons. The number of thiophene rings is 1. The van der Waals surface area contributed by atoms with Crippen molar-refractivity contribution in [2.24, 2.45) is 0 Å². The van der Waals surface area contributed by atoms with Gasteiger partial charge in [0.25, 0.3) is 0 Å². The molecule has 0 aliphatic heterocycles. The van der Waals surface area contributed by atoms with Gasteiger partial charge in [-0.25, -0.2) is 4.79 Å². The molecule has 0 aromatic carbocycles. The Morgan fingerprint density at radius 2 is 2.19 bits per heavy atom. The lowest BCUT2D eigenvalue weighted by atomic mass is 10.2. The Morgan fingerprint density at radius 1 is 1.35 bits per heavy atom. The van der Waals surface area contributed by atoms with E-state index in [0.29, 0.717) is 28.1 Å². The monoisotopic (exact) mass is 457 g/mol. The summed E-state index contributed by atoms with van der Waals surface area (Å²) in [7, 11) is 0. The van der Waals surface area contributed by atoms with Crippen LogP contribution in [-0.4, -0.2) is 44.0 Å². The lowest BCUT2D eigenvalue weighted by molar-refractivity contribution is -0.113. The van der Waals surface area contributed by atoms with E-state index in [1.807, 2.05) is 23.6 Å². The van der Waals surface area contributed by atoms with Crippen LogP contribution in [0.25, 0.3) is 11.4 Å². The van der Waals surface area contributed by atoms with E-state index in [1.54, 1.807) is 31.5 Å². The summed E-state index contributed by atoms with van der Waals surface area (Å²) in [6, 6.07) is 5.50. The van der Waals surface area contributed by atoms with Crippen LogP contribution in [0, 0.1) is 0 Å². The fourth-order valence-corrected chi connectivity index (χ4v) is 4.51. The van der Waals surface area contributed by atoms with Gasteiger partial charge in [-0.05, 0) is 31.5 Å². The molecule has 0 spiro atoms. The Labute approximate surface area is 188 Å². The third-order valence-corrected chi connectivity index (χ3v) is 6.32. The van der Waals surface area contributed by atoms with Gasteiger partial charge in [-0.1, -0.05) is 24.8 Å². The second-order valence-electron chi connectivity index (χ2n) is 6.31. The minimum atomic E-state index is -0.437. The normalized spacial score (nSPS) is 10.6. The maximum absolute atomic E-state index is 12.6. The molecule has 0 saturated heterocycles. The number of anilines is 1. The largest absolute Gasteiger partial charge is 0.462 e. The number of aromatic nitrogens is 4. The average molecular weight is 458 g/mol. The molecule has 3 aromatic rings. The van der Waals surface area contributed by atoms with Gasteiger partial charge in [0.2, 0.25) is 5.91 Å². The molecule has 1 N–H and O–H groups in total. The number of carbonyl (C=O) groups excluding carboxylic acids is 2. The Bertz CT molecular complexity index is 1060. The van der Waals surface area contributed by atoms with E-state index in [9.17, 15) is 9.59 Å². The highest BCUT2D eigenvalue weighted by Gasteiger charge is 2.20. The van der Waals surface area contributed by atoms with Crippen LogP contribution in [0.5, 0.6) is 0 Å². The quantitative estimate of drug-likeness (QED) is 0.278. The Balaban J connectivity index is 1.72. The average Bonchev–Trinajstić information content (AvgIpc) is 3.37. The van der Waals surface area contributed by atoms with E-state index in [1.165, 1.54) is 23.1 Å². The van der Waals surface area contributed by atoms with Crippen LogP contribution in [0.1, 0.15) is 29.1 Å². The number of ether oxygens (including phenoxy) is 1. The van der Waals surface area contributed by atoms with Crippen molar-refractivity contribution in [2.75, 3.05) is 17.7 Å². The summed E-state index contributed by atoms with van der Waals surface area (Å²) < 4.78 is 6.98. The van der Waals surface area contributed by atoms with Crippen LogP contribution in [0.2, 0.25) is 0 Å². The van der Waals surface area contributed by atoms with Gasteiger partial charge >= 0.3 is 5.97 Å². The first-order valence-corrected chi connectivity index (χ1v) is 11.5. The van der Waals surface area contributed by atoms with Crippen LogP contribution in [0.4, 0.5) is 5.00 Å². The fraction of sp³-hybridized carbons (Fsp3) is 0.286. The van der Waals surface area contributed by atoms with E-state index < -0.39 is 5.97 Å². The second-order valence-corrected chi connectivity index (χ2v) is 8.39. The molecular formula is C21H23N5O3S2. The number of hydrogen-bond donors (Lipinski definition) is 1. The number of pyridine rings is 1. The first kappa shape index (κ1) is 22.7. The van der Waals surface area contributed by atoms with Crippen molar-refractivity contribution in [3.8, 4) is 11.4 Å². The van der Waals surface area contributed by atoms with Crippen molar-refractivity contribution in [3.05, 3.63) is 53.7 Å². The van der Waals surface area contributed by atoms with Crippen molar-refractivity contribution in [3.63, 3.8) is 0 Å². The van der Waals surface area contributed by atoms with E-state index in [-0.39, 0.29) is 18.3 Å². The summed E-state index contributed by atoms with van der Waals surface area (Å²) in [5.41, 5.74) is 1.22. The Hall–Kier alpha value is -2.98.